The number of aromatic nitrogens is 1. The lowest BCUT2D eigenvalue weighted by atomic mass is 9.96. The van der Waals surface area contributed by atoms with Crippen LogP contribution in [0.1, 0.15) is 24.1 Å². The summed E-state index contributed by atoms with van der Waals surface area (Å²) in [7, 11) is 0. The molecule has 0 saturated carbocycles. The fourth-order valence-corrected chi connectivity index (χ4v) is 1.47. The second-order valence-corrected chi connectivity index (χ2v) is 2.75. The van der Waals surface area contributed by atoms with Crippen LogP contribution in [-0.4, -0.2) is 4.98 Å². The third-order valence-electron chi connectivity index (χ3n) is 2.04. The van der Waals surface area contributed by atoms with Gasteiger partial charge >= 0.3 is 0 Å². The van der Waals surface area contributed by atoms with Gasteiger partial charge in [-0.3, -0.25) is 4.98 Å². The topological polar surface area (TPSA) is 12.9 Å². The van der Waals surface area contributed by atoms with Gasteiger partial charge in [-0.2, -0.15) is 0 Å². The van der Waals surface area contributed by atoms with E-state index < -0.39 is 0 Å². The highest BCUT2D eigenvalue weighted by Gasteiger charge is 2.07. The molecule has 0 fully saturated rings. The summed E-state index contributed by atoms with van der Waals surface area (Å²) in [6, 6.07) is 4.05. The molecule has 0 atom stereocenters. The number of fused-ring (bicyclic) bond motifs is 1. The summed E-state index contributed by atoms with van der Waals surface area (Å²) in [6.07, 6.45) is 7.88. The Balaban J connectivity index is 2.41. The molecule has 1 aliphatic rings. The van der Waals surface area contributed by atoms with Gasteiger partial charge in [0.2, 0.25) is 0 Å². The fraction of sp³-hybridized carbons (Fsp3) is 0.444. The molecule has 0 saturated heterocycles. The number of nitrogens with zero attached hydrogens (tertiary/aromatic N) is 1. The SMILES string of the molecule is [c]1ccc2c(n1)CCCC2. The summed E-state index contributed by atoms with van der Waals surface area (Å²) in [4.78, 5) is 4.19. The molecular formula is C9H10N. The Morgan fingerprint density at radius 3 is 3.10 bits per heavy atom. The minimum atomic E-state index is 1.16. The molecule has 1 aliphatic carbocycles. The van der Waals surface area contributed by atoms with Crippen LogP contribution in [-0.2, 0) is 12.8 Å². The average Bonchev–Trinajstić information content (AvgIpc) is 2.05. The largest absolute Gasteiger partial charge is 0.251 e. The Morgan fingerprint density at radius 1 is 1.30 bits per heavy atom. The number of pyridine rings is 1. The first-order valence-electron chi connectivity index (χ1n) is 3.82. The third kappa shape index (κ3) is 0.919. The molecule has 2 rings (SSSR count). The summed E-state index contributed by atoms with van der Waals surface area (Å²) < 4.78 is 0. The Hall–Kier alpha value is -0.850. The van der Waals surface area contributed by atoms with Crippen molar-refractivity contribution in [2.24, 2.45) is 0 Å². The molecule has 1 aromatic heterocycles. The van der Waals surface area contributed by atoms with Gasteiger partial charge in [-0.1, -0.05) is 6.07 Å². The summed E-state index contributed by atoms with van der Waals surface area (Å²) in [5.74, 6) is 0. The van der Waals surface area contributed by atoms with Gasteiger partial charge in [0.1, 0.15) is 0 Å². The highest BCUT2D eigenvalue weighted by atomic mass is 14.7. The van der Waals surface area contributed by atoms with E-state index in [0.717, 1.165) is 6.42 Å². The first-order chi connectivity index (χ1) is 4.97. The van der Waals surface area contributed by atoms with Crippen LogP contribution in [0.4, 0.5) is 0 Å². The van der Waals surface area contributed by atoms with Gasteiger partial charge in [-0.25, -0.2) is 0 Å². The molecule has 1 radical (unpaired) electrons. The second-order valence-electron chi connectivity index (χ2n) is 2.75. The van der Waals surface area contributed by atoms with E-state index in [0.29, 0.717) is 0 Å². The fourth-order valence-electron chi connectivity index (χ4n) is 1.47. The first-order valence-corrected chi connectivity index (χ1v) is 3.82. The van der Waals surface area contributed by atoms with Gasteiger partial charge in [0.05, 0.1) is 6.20 Å². The average molecular weight is 132 g/mol. The number of aryl methyl sites for hydroxylation is 2. The van der Waals surface area contributed by atoms with Crippen LogP contribution in [0.2, 0.25) is 0 Å². The van der Waals surface area contributed by atoms with E-state index in [1.165, 1.54) is 30.5 Å². The van der Waals surface area contributed by atoms with E-state index >= 15 is 0 Å². The Bertz CT molecular complexity index is 205. The molecule has 1 heteroatoms. The van der Waals surface area contributed by atoms with Gasteiger partial charge in [-0.05, 0) is 37.3 Å². The maximum atomic E-state index is 4.19. The molecule has 1 aromatic rings. The summed E-state index contributed by atoms with van der Waals surface area (Å²) in [5.41, 5.74) is 2.71. The quantitative estimate of drug-likeness (QED) is 0.524. The van der Waals surface area contributed by atoms with E-state index in [2.05, 4.69) is 17.2 Å². The van der Waals surface area contributed by atoms with E-state index in [1.54, 1.807) is 0 Å². The van der Waals surface area contributed by atoms with Gasteiger partial charge in [0, 0.05) is 5.69 Å². The molecule has 1 nitrogen and oxygen atoms in total. The van der Waals surface area contributed by atoms with E-state index in [-0.39, 0.29) is 0 Å². The predicted octanol–water partition coefficient (Wildman–Crippen LogP) is 1.76. The molecule has 0 bridgehead atoms. The highest BCUT2D eigenvalue weighted by molar-refractivity contribution is 5.21. The Morgan fingerprint density at radius 2 is 2.20 bits per heavy atom. The molecule has 0 unspecified atom stereocenters. The van der Waals surface area contributed by atoms with Crippen molar-refractivity contribution in [3.63, 3.8) is 0 Å². The lowest BCUT2D eigenvalue weighted by Gasteiger charge is -2.12. The van der Waals surface area contributed by atoms with Crippen LogP contribution in [0.3, 0.4) is 0 Å². The standard InChI is InChI=1S/C9H10N/c1-2-6-9-8(4-1)5-3-7-10-9/h3,5H,1-2,4,6H2. The number of hydrogen-bond acceptors (Lipinski definition) is 1. The van der Waals surface area contributed by atoms with Crippen molar-refractivity contribution in [2.45, 2.75) is 25.7 Å². The van der Waals surface area contributed by atoms with Crippen molar-refractivity contribution in [1.29, 1.82) is 0 Å². The van der Waals surface area contributed by atoms with Crippen molar-refractivity contribution in [2.75, 3.05) is 0 Å². The minimum absolute atomic E-state index is 1.16. The molecule has 1 heterocycles. The van der Waals surface area contributed by atoms with Gasteiger partial charge in [0.25, 0.3) is 0 Å². The molecule has 0 amide bonds. The van der Waals surface area contributed by atoms with Crippen molar-refractivity contribution >= 4 is 0 Å². The van der Waals surface area contributed by atoms with Crippen LogP contribution in [0.25, 0.3) is 0 Å². The van der Waals surface area contributed by atoms with Gasteiger partial charge in [-0.15, -0.1) is 0 Å². The zero-order valence-corrected chi connectivity index (χ0v) is 5.93. The first kappa shape index (κ1) is 5.90. The molecule has 51 valence electrons. The maximum absolute atomic E-state index is 4.19. The summed E-state index contributed by atoms with van der Waals surface area (Å²) >= 11 is 0. The van der Waals surface area contributed by atoms with Gasteiger partial charge < -0.3 is 0 Å². The van der Waals surface area contributed by atoms with Crippen LogP contribution < -0.4 is 0 Å². The van der Waals surface area contributed by atoms with Crippen LogP contribution in [0.5, 0.6) is 0 Å². The summed E-state index contributed by atoms with van der Waals surface area (Å²) in [5, 5.41) is 0. The van der Waals surface area contributed by atoms with Crippen molar-refractivity contribution in [3.05, 3.63) is 29.6 Å². The zero-order valence-electron chi connectivity index (χ0n) is 5.93. The van der Waals surface area contributed by atoms with Crippen LogP contribution in [0, 0.1) is 6.20 Å². The van der Waals surface area contributed by atoms with Crippen molar-refractivity contribution < 1.29 is 0 Å². The Kier molecular flexibility index (Phi) is 1.42. The molecular weight excluding hydrogens is 122 g/mol. The lowest BCUT2D eigenvalue weighted by molar-refractivity contribution is 0.667. The van der Waals surface area contributed by atoms with Gasteiger partial charge in [0.15, 0.2) is 0 Å². The smallest absolute Gasteiger partial charge is 0.0889 e. The van der Waals surface area contributed by atoms with Crippen molar-refractivity contribution in [3.8, 4) is 0 Å². The lowest BCUT2D eigenvalue weighted by Crippen LogP contribution is -2.03. The molecule has 0 N–H and O–H groups in total. The normalized spacial score (nSPS) is 16.4. The number of hydrogen-bond donors (Lipinski definition) is 0. The molecule has 0 aromatic carbocycles. The zero-order chi connectivity index (χ0) is 6.81. The summed E-state index contributed by atoms with van der Waals surface area (Å²) in [6.45, 7) is 0. The van der Waals surface area contributed by atoms with E-state index in [9.17, 15) is 0 Å². The monoisotopic (exact) mass is 132 g/mol. The molecule has 0 aliphatic heterocycles. The Labute approximate surface area is 61.1 Å². The van der Waals surface area contributed by atoms with Crippen LogP contribution >= 0.6 is 0 Å². The number of rotatable bonds is 0. The third-order valence-corrected chi connectivity index (χ3v) is 2.04. The highest BCUT2D eigenvalue weighted by Crippen LogP contribution is 2.17. The minimum Gasteiger partial charge on any atom is -0.251 e. The molecule has 10 heavy (non-hydrogen) atoms. The predicted molar refractivity (Wildman–Crippen MR) is 39.7 cm³/mol. The van der Waals surface area contributed by atoms with E-state index in [1.807, 2.05) is 6.07 Å². The van der Waals surface area contributed by atoms with Crippen molar-refractivity contribution in [1.82, 2.24) is 4.98 Å². The van der Waals surface area contributed by atoms with E-state index in [4.69, 9.17) is 0 Å². The van der Waals surface area contributed by atoms with Crippen LogP contribution in [0.15, 0.2) is 12.1 Å². The maximum Gasteiger partial charge on any atom is 0.0889 e. The molecule has 0 spiro atoms. The second kappa shape index (κ2) is 2.41.